The monoisotopic (exact) mass is 361 g/mol. The van der Waals surface area contributed by atoms with Crippen molar-refractivity contribution in [1.29, 1.82) is 0 Å². The molecule has 0 aliphatic rings. The van der Waals surface area contributed by atoms with E-state index < -0.39 is 0 Å². The molecular weight excluding hydrogens is 334 g/mol. The fourth-order valence-corrected chi connectivity index (χ4v) is 3.74. The fraction of sp³-hybridized carbons (Fsp3) is 0.333. The molecule has 140 valence electrons. The summed E-state index contributed by atoms with van der Waals surface area (Å²) in [6, 6.07) is 15.2. The predicted molar refractivity (Wildman–Crippen MR) is 110 cm³/mol. The van der Waals surface area contributed by atoms with Crippen LogP contribution < -0.4 is 0 Å². The van der Waals surface area contributed by atoms with Gasteiger partial charge in [0.25, 0.3) is 0 Å². The molecular formula is C24H27NO2. The lowest BCUT2D eigenvalue weighted by Crippen LogP contribution is -2.08. The summed E-state index contributed by atoms with van der Waals surface area (Å²) < 4.78 is 2.02. The van der Waals surface area contributed by atoms with Gasteiger partial charge in [-0.3, -0.25) is 9.59 Å². The van der Waals surface area contributed by atoms with Crippen LogP contribution in [0.5, 0.6) is 0 Å². The van der Waals surface area contributed by atoms with E-state index in [2.05, 4.69) is 6.92 Å². The van der Waals surface area contributed by atoms with Crippen LogP contribution >= 0.6 is 0 Å². The molecule has 0 atom stereocenters. The number of nitrogens with zero attached hydrogens (tertiary/aromatic N) is 1. The van der Waals surface area contributed by atoms with Gasteiger partial charge in [-0.1, -0.05) is 69.0 Å². The highest BCUT2D eigenvalue weighted by molar-refractivity contribution is 5.98. The Morgan fingerprint density at radius 1 is 0.963 bits per heavy atom. The second-order valence-corrected chi connectivity index (χ2v) is 7.04. The number of Topliss-reactive ketones (excluding diaryl/α,β-unsaturated/α-hetero) is 1. The molecule has 0 amide bonds. The van der Waals surface area contributed by atoms with Crippen molar-refractivity contribution in [2.24, 2.45) is 0 Å². The SMILES string of the molecule is CCCCCCCc1c(C=O)c2ccccn2c1CC(=O)c1ccccc1. The maximum Gasteiger partial charge on any atom is 0.168 e. The van der Waals surface area contributed by atoms with E-state index in [4.69, 9.17) is 0 Å². The molecule has 0 radical (unpaired) electrons. The van der Waals surface area contributed by atoms with Crippen LogP contribution in [0.3, 0.4) is 0 Å². The van der Waals surface area contributed by atoms with Crippen LogP contribution in [0.4, 0.5) is 0 Å². The molecule has 0 saturated carbocycles. The van der Waals surface area contributed by atoms with Crippen molar-refractivity contribution >= 4 is 17.6 Å². The number of aldehydes is 1. The minimum Gasteiger partial charge on any atom is -0.319 e. The van der Waals surface area contributed by atoms with E-state index in [1.54, 1.807) is 0 Å². The number of pyridine rings is 1. The van der Waals surface area contributed by atoms with E-state index >= 15 is 0 Å². The first-order chi connectivity index (χ1) is 13.3. The van der Waals surface area contributed by atoms with Crippen molar-refractivity contribution in [3.05, 3.63) is 77.1 Å². The van der Waals surface area contributed by atoms with Crippen molar-refractivity contribution in [1.82, 2.24) is 4.40 Å². The molecule has 0 fully saturated rings. The molecule has 3 aromatic rings. The highest BCUT2D eigenvalue weighted by Crippen LogP contribution is 2.26. The molecule has 3 rings (SSSR count). The van der Waals surface area contributed by atoms with Gasteiger partial charge in [-0.2, -0.15) is 0 Å². The molecule has 2 heterocycles. The van der Waals surface area contributed by atoms with Crippen LogP contribution in [-0.2, 0) is 12.8 Å². The number of ketones is 1. The summed E-state index contributed by atoms with van der Waals surface area (Å²) in [5.41, 5.74) is 4.34. The van der Waals surface area contributed by atoms with Crippen molar-refractivity contribution in [2.75, 3.05) is 0 Å². The van der Waals surface area contributed by atoms with Gasteiger partial charge in [0.05, 0.1) is 11.9 Å². The predicted octanol–water partition coefficient (Wildman–Crippen LogP) is 5.69. The molecule has 0 N–H and O–H groups in total. The van der Waals surface area contributed by atoms with Crippen LogP contribution in [0.1, 0.15) is 71.0 Å². The van der Waals surface area contributed by atoms with Gasteiger partial charge >= 0.3 is 0 Å². The molecule has 0 aliphatic heterocycles. The van der Waals surface area contributed by atoms with Crippen LogP contribution in [0.15, 0.2) is 54.7 Å². The van der Waals surface area contributed by atoms with Crippen LogP contribution in [0, 0.1) is 0 Å². The van der Waals surface area contributed by atoms with Gasteiger partial charge in [-0.25, -0.2) is 0 Å². The number of benzene rings is 1. The standard InChI is InChI=1S/C24H27NO2/c1-2-3-4-5-9-14-20-21(18-26)22-15-10-11-16-25(22)23(20)17-24(27)19-12-7-6-8-13-19/h6-8,10-13,15-16,18H,2-5,9,14,17H2,1H3. The number of carbonyl (C=O) groups excluding carboxylic acids is 2. The second-order valence-electron chi connectivity index (χ2n) is 7.04. The Labute approximate surface area is 161 Å². The third kappa shape index (κ3) is 4.36. The molecule has 2 aromatic heterocycles. The van der Waals surface area contributed by atoms with E-state index in [0.717, 1.165) is 47.9 Å². The van der Waals surface area contributed by atoms with Gasteiger partial charge in [0.15, 0.2) is 12.1 Å². The number of fused-ring (bicyclic) bond motifs is 1. The minimum atomic E-state index is 0.0866. The number of unbranched alkanes of at least 4 members (excludes halogenated alkanes) is 4. The van der Waals surface area contributed by atoms with Gasteiger partial charge in [-0.15, -0.1) is 0 Å². The molecule has 0 bridgehead atoms. The van der Waals surface area contributed by atoms with E-state index in [9.17, 15) is 9.59 Å². The molecule has 0 saturated heterocycles. The lowest BCUT2D eigenvalue weighted by molar-refractivity contribution is 0.0990. The number of aromatic nitrogens is 1. The summed E-state index contributed by atoms with van der Waals surface area (Å²) in [6.45, 7) is 2.21. The van der Waals surface area contributed by atoms with Crippen molar-refractivity contribution in [3.63, 3.8) is 0 Å². The number of carbonyl (C=O) groups is 2. The van der Waals surface area contributed by atoms with Gasteiger partial charge in [0.1, 0.15) is 0 Å². The Morgan fingerprint density at radius 2 is 1.70 bits per heavy atom. The van der Waals surface area contributed by atoms with Gasteiger partial charge in [-0.05, 0) is 30.5 Å². The topological polar surface area (TPSA) is 38.5 Å². The number of rotatable bonds is 10. The zero-order valence-corrected chi connectivity index (χ0v) is 16.0. The molecule has 3 heteroatoms. The summed E-state index contributed by atoms with van der Waals surface area (Å²) >= 11 is 0. The lowest BCUT2D eigenvalue weighted by Gasteiger charge is -2.07. The lowest BCUT2D eigenvalue weighted by atomic mass is 9.98. The average Bonchev–Trinajstić information content (AvgIpc) is 3.01. The maximum atomic E-state index is 12.8. The Bertz CT molecular complexity index is 909. The van der Waals surface area contributed by atoms with E-state index in [-0.39, 0.29) is 5.78 Å². The summed E-state index contributed by atoms with van der Waals surface area (Å²) in [7, 11) is 0. The molecule has 3 nitrogen and oxygen atoms in total. The van der Waals surface area contributed by atoms with Crippen molar-refractivity contribution in [2.45, 2.75) is 51.9 Å². The van der Waals surface area contributed by atoms with Crippen LogP contribution in [0.2, 0.25) is 0 Å². The van der Waals surface area contributed by atoms with Gasteiger partial charge in [0.2, 0.25) is 0 Å². The Kier molecular flexibility index (Phi) is 6.59. The molecule has 0 spiro atoms. The molecule has 0 unspecified atom stereocenters. The zero-order chi connectivity index (χ0) is 19.1. The first-order valence-corrected chi connectivity index (χ1v) is 9.90. The van der Waals surface area contributed by atoms with Gasteiger partial charge < -0.3 is 4.40 Å². The van der Waals surface area contributed by atoms with Crippen molar-refractivity contribution in [3.8, 4) is 0 Å². The summed E-state index contributed by atoms with van der Waals surface area (Å²) in [6.07, 6.45) is 9.95. The Balaban J connectivity index is 1.92. The smallest absolute Gasteiger partial charge is 0.168 e. The molecule has 1 aromatic carbocycles. The first kappa shape index (κ1) is 19.1. The van der Waals surface area contributed by atoms with Gasteiger partial charge in [0, 0.05) is 23.0 Å². The van der Waals surface area contributed by atoms with E-state index in [1.165, 1.54) is 19.3 Å². The van der Waals surface area contributed by atoms with Crippen molar-refractivity contribution < 1.29 is 9.59 Å². The first-order valence-electron chi connectivity index (χ1n) is 9.90. The zero-order valence-electron chi connectivity index (χ0n) is 16.0. The summed E-state index contributed by atoms with van der Waals surface area (Å²) in [4.78, 5) is 24.7. The minimum absolute atomic E-state index is 0.0866. The van der Waals surface area contributed by atoms with E-state index in [0.29, 0.717) is 12.0 Å². The third-order valence-corrected chi connectivity index (χ3v) is 5.17. The summed E-state index contributed by atoms with van der Waals surface area (Å²) in [5, 5.41) is 0. The fourth-order valence-electron chi connectivity index (χ4n) is 3.74. The number of hydrogen-bond donors (Lipinski definition) is 0. The highest BCUT2D eigenvalue weighted by atomic mass is 16.1. The second kappa shape index (κ2) is 9.31. The van der Waals surface area contributed by atoms with Crippen LogP contribution in [0.25, 0.3) is 5.52 Å². The third-order valence-electron chi connectivity index (χ3n) is 5.17. The quantitative estimate of drug-likeness (QED) is 0.264. The average molecular weight is 361 g/mol. The largest absolute Gasteiger partial charge is 0.319 e. The number of hydrogen-bond acceptors (Lipinski definition) is 2. The Hall–Kier alpha value is -2.68. The maximum absolute atomic E-state index is 12.8. The Morgan fingerprint density at radius 3 is 2.44 bits per heavy atom. The van der Waals surface area contributed by atoms with E-state index in [1.807, 2.05) is 59.1 Å². The normalized spacial score (nSPS) is 11.0. The highest BCUT2D eigenvalue weighted by Gasteiger charge is 2.20. The molecule has 27 heavy (non-hydrogen) atoms. The summed E-state index contributed by atoms with van der Waals surface area (Å²) in [5.74, 6) is 0.0866. The van der Waals surface area contributed by atoms with Crippen LogP contribution in [-0.4, -0.2) is 16.5 Å². The molecule has 0 aliphatic carbocycles.